The molecule has 2 amide bonds. The summed E-state index contributed by atoms with van der Waals surface area (Å²) in [6.07, 6.45) is 0.325. The summed E-state index contributed by atoms with van der Waals surface area (Å²) in [5, 5.41) is 14.1. The van der Waals surface area contributed by atoms with Crippen molar-refractivity contribution < 1.29 is 29.0 Å². The molecule has 0 aliphatic carbocycles. The van der Waals surface area contributed by atoms with Crippen molar-refractivity contribution >= 4 is 17.8 Å². The van der Waals surface area contributed by atoms with Crippen LogP contribution >= 0.6 is 0 Å². The van der Waals surface area contributed by atoms with E-state index in [4.69, 9.17) is 9.47 Å². The number of methoxy groups -OCH3 is 1. The molecule has 0 saturated heterocycles. The molecule has 0 aliphatic heterocycles. The lowest BCUT2D eigenvalue weighted by molar-refractivity contribution is -0.139. The molecule has 0 heterocycles. The molecular formula is C17H24N2O6. The molecule has 0 fully saturated rings. The van der Waals surface area contributed by atoms with Crippen LogP contribution in [0, 0.1) is 5.92 Å². The summed E-state index contributed by atoms with van der Waals surface area (Å²) in [6, 6.07) is 3.44. The van der Waals surface area contributed by atoms with Gasteiger partial charge in [-0.3, -0.25) is 9.59 Å². The van der Waals surface area contributed by atoms with Crippen molar-refractivity contribution in [3.63, 3.8) is 0 Å². The second-order valence-electron chi connectivity index (χ2n) is 5.82. The Morgan fingerprint density at radius 3 is 2.40 bits per heavy atom. The van der Waals surface area contributed by atoms with Crippen molar-refractivity contribution in [1.29, 1.82) is 0 Å². The highest BCUT2D eigenvalue weighted by molar-refractivity contribution is 5.97. The van der Waals surface area contributed by atoms with Crippen LogP contribution in [-0.2, 0) is 9.59 Å². The van der Waals surface area contributed by atoms with E-state index in [2.05, 4.69) is 10.6 Å². The van der Waals surface area contributed by atoms with Crippen LogP contribution in [0.1, 0.15) is 30.6 Å². The lowest BCUT2D eigenvalue weighted by Gasteiger charge is -2.17. The number of carbonyl (C=O) groups excluding carboxylic acids is 2. The molecular weight excluding hydrogens is 328 g/mol. The molecule has 0 bridgehead atoms. The molecule has 8 heteroatoms. The highest BCUT2D eigenvalue weighted by Gasteiger charge is 2.22. The van der Waals surface area contributed by atoms with Gasteiger partial charge in [-0.15, -0.1) is 0 Å². The SMILES string of the molecule is CNC(=O)COc1ccc(C(=O)N[C@H](CC(C)C)C(=O)O)cc1OC. The zero-order valence-corrected chi connectivity index (χ0v) is 14.8. The van der Waals surface area contributed by atoms with Gasteiger partial charge in [-0.25, -0.2) is 4.79 Å². The molecule has 0 radical (unpaired) electrons. The Labute approximate surface area is 146 Å². The molecule has 1 aromatic rings. The van der Waals surface area contributed by atoms with Gasteiger partial charge in [0.1, 0.15) is 6.04 Å². The molecule has 0 aromatic heterocycles. The van der Waals surface area contributed by atoms with Crippen molar-refractivity contribution in [1.82, 2.24) is 10.6 Å². The van der Waals surface area contributed by atoms with Crippen LogP contribution in [0.15, 0.2) is 18.2 Å². The number of nitrogens with one attached hydrogen (secondary N) is 2. The summed E-state index contributed by atoms with van der Waals surface area (Å²) in [6.45, 7) is 3.57. The molecule has 3 N–H and O–H groups in total. The summed E-state index contributed by atoms with van der Waals surface area (Å²) in [4.78, 5) is 34.8. The second kappa shape index (κ2) is 9.51. The zero-order valence-electron chi connectivity index (χ0n) is 14.8. The quantitative estimate of drug-likeness (QED) is 0.612. The van der Waals surface area contributed by atoms with Crippen molar-refractivity contribution in [2.24, 2.45) is 5.92 Å². The number of carboxylic acids is 1. The van der Waals surface area contributed by atoms with E-state index in [1.807, 2.05) is 13.8 Å². The Hall–Kier alpha value is -2.77. The Kier molecular flexibility index (Phi) is 7.71. The van der Waals surface area contributed by atoms with Gasteiger partial charge in [-0.2, -0.15) is 0 Å². The van der Waals surface area contributed by atoms with Gasteiger partial charge in [0.05, 0.1) is 7.11 Å². The first-order chi connectivity index (χ1) is 11.8. The van der Waals surface area contributed by atoms with E-state index in [-0.39, 0.29) is 29.7 Å². The molecule has 138 valence electrons. The van der Waals surface area contributed by atoms with E-state index in [1.165, 1.54) is 32.4 Å². The summed E-state index contributed by atoms with van der Waals surface area (Å²) >= 11 is 0. The Bertz CT molecular complexity index is 630. The predicted octanol–water partition coefficient (Wildman–Crippen LogP) is 1.05. The Morgan fingerprint density at radius 2 is 1.88 bits per heavy atom. The number of likely N-dealkylation sites (N-methyl/N-ethyl adjacent to an activating group) is 1. The van der Waals surface area contributed by atoms with Crippen LogP contribution in [0.5, 0.6) is 11.5 Å². The minimum Gasteiger partial charge on any atom is -0.493 e. The molecule has 25 heavy (non-hydrogen) atoms. The zero-order chi connectivity index (χ0) is 19.0. The summed E-state index contributed by atoms with van der Waals surface area (Å²) in [5.41, 5.74) is 0.235. The van der Waals surface area contributed by atoms with E-state index in [9.17, 15) is 19.5 Å². The van der Waals surface area contributed by atoms with Crippen LogP contribution in [0.3, 0.4) is 0 Å². The number of carboxylic acid groups (broad SMARTS) is 1. The fourth-order valence-electron chi connectivity index (χ4n) is 2.08. The normalized spacial score (nSPS) is 11.6. The predicted molar refractivity (Wildman–Crippen MR) is 90.9 cm³/mol. The monoisotopic (exact) mass is 352 g/mol. The highest BCUT2D eigenvalue weighted by atomic mass is 16.5. The third-order valence-corrected chi connectivity index (χ3v) is 3.37. The molecule has 1 aromatic carbocycles. The molecule has 1 atom stereocenters. The first kappa shape index (κ1) is 20.3. The highest BCUT2D eigenvalue weighted by Crippen LogP contribution is 2.28. The number of ether oxygens (including phenoxy) is 2. The topological polar surface area (TPSA) is 114 Å². The number of amides is 2. The third kappa shape index (κ3) is 6.33. The van der Waals surface area contributed by atoms with Crippen LogP contribution in [-0.4, -0.2) is 49.7 Å². The molecule has 8 nitrogen and oxygen atoms in total. The van der Waals surface area contributed by atoms with Crippen LogP contribution < -0.4 is 20.1 Å². The van der Waals surface area contributed by atoms with Gasteiger partial charge in [0.15, 0.2) is 18.1 Å². The van der Waals surface area contributed by atoms with Crippen molar-refractivity contribution in [2.45, 2.75) is 26.3 Å². The fourth-order valence-corrected chi connectivity index (χ4v) is 2.08. The number of aliphatic carboxylic acids is 1. The Balaban J connectivity index is 2.88. The number of hydrogen-bond donors (Lipinski definition) is 3. The molecule has 0 spiro atoms. The average molecular weight is 352 g/mol. The van der Waals surface area contributed by atoms with Crippen molar-refractivity contribution in [3.05, 3.63) is 23.8 Å². The van der Waals surface area contributed by atoms with Gasteiger partial charge in [0, 0.05) is 12.6 Å². The average Bonchev–Trinajstić information content (AvgIpc) is 2.58. The first-order valence-electron chi connectivity index (χ1n) is 7.83. The second-order valence-corrected chi connectivity index (χ2v) is 5.82. The van der Waals surface area contributed by atoms with Crippen LogP contribution in [0.25, 0.3) is 0 Å². The maximum absolute atomic E-state index is 12.3. The molecule has 0 saturated carbocycles. The van der Waals surface area contributed by atoms with Gasteiger partial charge >= 0.3 is 5.97 Å². The number of carbonyl (C=O) groups is 3. The van der Waals surface area contributed by atoms with Crippen molar-refractivity contribution in [3.8, 4) is 11.5 Å². The van der Waals surface area contributed by atoms with Gasteiger partial charge in [-0.1, -0.05) is 13.8 Å². The molecule has 0 unspecified atom stereocenters. The number of hydrogen-bond acceptors (Lipinski definition) is 5. The smallest absolute Gasteiger partial charge is 0.326 e. The lowest BCUT2D eigenvalue weighted by Crippen LogP contribution is -2.41. The van der Waals surface area contributed by atoms with E-state index in [0.717, 1.165) is 0 Å². The van der Waals surface area contributed by atoms with E-state index in [1.54, 1.807) is 0 Å². The van der Waals surface area contributed by atoms with Gasteiger partial charge in [0.25, 0.3) is 11.8 Å². The summed E-state index contributed by atoms with van der Waals surface area (Å²) < 4.78 is 10.5. The summed E-state index contributed by atoms with van der Waals surface area (Å²) in [7, 11) is 2.90. The maximum atomic E-state index is 12.3. The largest absolute Gasteiger partial charge is 0.493 e. The van der Waals surface area contributed by atoms with Gasteiger partial charge < -0.3 is 25.2 Å². The third-order valence-electron chi connectivity index (χ3n) is 3.37. The molecule has 1 rings (SSSR count). The van der Waals surface area contributed by atoms with Gasteiger partial charge in [-0.05, 0) is 30.5 Å². The minimum absolute atomic E-state index is 0.122. The number of rotatable bonds is 9. The van der Waals surface area contributed by atoms with E-state index >= 15 is 0 Å². The first-order valence-corrected chi connectivity index (χ1v) is 7.83. The Morgan fingerprint density at radius 1 is 1.20 bits per heavy atom. The van der Waals surface area contributed by atoms with Crippen molar-refractivity contribution in [2.75, 3.05) is 20.8 Å². The van der Waals surface area contributed by atoms with Crippen LogP contribution in [0.2, 0.25) is 0 Å². The lowest BCUT2D eigenvalue weighted by atomic mass is 10.0. The van der Waals surface area contributed by atoms with E-state index < -0.39 is 17.9 Å². The standard InChI is InChI=1S/C17H24N2O6/c1-10(2)7-12(17(22)23)19-16(21)11-5-6-13(14(8-11)24-4)25-9-15(20)18-3/h5-6,8,10,12H,7,9H2,1-4H3,(H,18,20)(H,19,21)(H,22,23)/t12-/m1/s1. The summed E-state index contributed by atoms with van der Waals surface area (Å²) in [5.74, 6) is -1.21. The maximum Gasteiger partial charge on any atom is 0.326 e. The number of benzene rings is 1. The minimum atomic E-state index is -1.08. The fraction of sp³-hybridized carbons (Fsp3) is 0.471. The van der Waals surface area contributed by atoms with Crippen LogP contribution in [0.4, 0.5) is 0 Å². The van der Waals surface area contributed by atoms with E-state index in [0.29, 0.717) is 12.2 Å². The molecule has 0 aliphatic rings. The van der Waals surface area contributed by atoms with Gasteiger partial charge in [0.2, 0.25) is 0 Å².